The third-order valence-corrected chi connectivity index (χ3v) is 4.11. The number of methoxy groups -OCH3 is 1. The highest BCUT2D eigenvalue weighted by atomic mass is 32.2. The number of ether oxygens (including phenoxy) is 1. The largest absolute Gasteiger partial charge is 0.385 e. The van der Waals surface area contributed by atoms with Gasteiger partial charge in [-0.15, -0.1) is 11.8 Å². The zero-order valence-electron chi connectivity index (χ0n) is 13.4. The number of likely N-dealkylation sites (N-methyl/N-ethyl adjacent to an activating group) is 1. The topological polar surface area (TPSA) is 58.6 Å². The molecule has 1 aromatic rings. The van der Waals surface area contributed by atoms with E-state index in [1.807, 2.05) is 37.3 Å². The fraction of sp³-hybridized carbons (Fsp3) is 0.500. The van der Waals surface area contributed by atoms with E-state index in [4.69, 9.17) is 4.74 Å². The van der Waals surface area contributed by atoms with E-state index in [-0.39, 0.29) is 23.6 Å². The average molecular weight is 324 g/mol. The van der Waals surface area contributed by atoms with Gasteiger partial charge >= 0.3 is 0 Å². The summed E-state index contributed by atoms with van der Waals surface area (Å²) in [6.45, 7) is 3.10. The molecule has 1 N–H and O–H groups in total. The van der Waals surface area contributed by atoms with E-state index in [9.17, 15) is 9.59 Å². The highest BCUT2D eigenvalue weighted by Gasteiger charge is 2.20. The molecule has 0 aliphatic carbocycles. The van der Waals surface area contributed by atoms with Gasteiger partial charge in [0.05, 0.1) is 11.8 Å². The molecular formula is C16H24N2O3S. The highest BCUT2D eigenvalue weighted by molar-refractivity contribution is 8.00. The molecule has 0 radical (unpaired) electrons. The zero-order chi connectivity index (χ0) is 16.4. The van der Waals surface area contributed by atoms with Crippen molar-refractivity contribution in [1.82, 2.24) is 10.2 Å². The van der Waals surface area contributed by atoms with E-state index in [1.54, 1.807) is 14.2 Å². The van der Waals surface area contributed by atoms with Crippen LogP contribution in [0.25, 0.3) is 0 Å². The second kappa shape index (κ2) is 10.2. The van der Waals surface area contributed by atoms with Crippen LogP contribution in [-0.4, -0.2) is 55.8 Å². The summed E-state index contributed by atoms with van der Waals surface area (Å²) in [6.07, 6.45) is 0.764. The molecule has 0 heterocycles. The molecule has 22 heavy (non-hydrogen) atoms. The van der Waals surface area contributed by atoms with E-state index in [1.165, 1.54) is 16.7 Å². The molecule has 122 valence electrons. The van der Waals surface area contributed by atoms with Crippen LogP contribution in [0.3, 0.4) is 0 Å². The number of nitrogens with zero attached hydrogens (tertiary/aromatic N) is 1. The van der Waals surface area contributed by atoms with E-state index >= 15 is 0 Å². The maximum absolute atomic E-state index is 12.3. The maximum Gasteiger partial charge on any atom is 0.239 e. The third kappa shape index (κ3) is 6.95. The van der Waals surface area contributed by atoms with Gasteiger partial charge < -0.3 is 15.0 Å². The number of hydrogen-bond acceptors (Lipinski definition) is 4. The number of thioether (sulfide) groups is 1. The van der Waals surface area contributed by atoms with Crippen molar-refractivity contribution in [3.8, 4) is 0 Å². The normalized spacial score (nSPS) is 11.8. The Morgan fingerprint density at radius 3 is 2.64 bits per heavy atom. The average Bonchev–Trinajstić information content (AvgIpc) is 2.51. The predicted molar refractivity (Wildman–Crippen MR) is 88.9 cm³/mol. The Balaban J connectivity index is 2.35. The Hall–Kier alpha value is -1.53. The van der Waals surface area contributed by atoms with E-state index < -0.39 is 0 Å². The van der Waals surface area contributed by atoms with Crippen molar-refractivity contribution in [2.45, 2.75) is 23.5 Å². The van der Waals surface area contributed by atoms with Gasteiger partial charge in [-0.2, -0.15) is 0 Å². The summed E-state index contributed by atoms with van der Waals surface area (Å²) in [4.78, 5) is 26.5. The first-order valence-corrected chi connectivity index (χ1v) is 8.15. The molecule has 5 nitrogen and oxygen atoms in total. The lowest BCUT2D eigenvalue weighted by Crippen LogP contribution is -2.41. The van der Waals surface area contributed by atoms with Crippen molar-refractivity contribution >= 4 is 23.6 Å². The van der Waals surface area contributed by atoms with Crippen LogP contribution in [0.2, 0.25) is 0 Å². The summed E-state index contributed by atoms with van der Waals surface area (Å²) in [6, 6.07) is 9.76. The Morgan fingerprint density at radius 2 is 2.00 bits per heavy atom. The Labute approximate surface area is 136 Å². The van der Waals surface area contributed by atoms with Crippen molar-refractivity contribution in [2.75, 3.05) is 33.9 Å². The van der Waals surface area contributed by atoms with Crippen molar-refractivity contribution in [1.29, 1.82) is 0 Å². The Morgan fingerprint density at radius 1 is 1.32 bits per heavy atom. The number of rotatable bonds is 9. The van der Waals surface area contributed by atoms with Crippen LogP contribution in [0, 0.1) is 0 Å². The van der Waals surface area contributed by atoms with Gasteiger partial charge in [0.1, 0.15) is 0 Å². The van der Waals surface area contributed by atoms with Gasteiger partial charge in [0.25, 0.3) is 0 Å². The summed E-state index contributed by atoms with van der Waals surface area (Å²) < 4.78 is 4.91. The summed E-state index contributed by atoms with van der Waals surface area (Å²) in [5, 5.41) is 2.54. The standard InChI is InChI=1S/C16H24N2O3S/c1-13(22-14-8-5-4-6-9-14)16(20)18(2)12-15(19)17-10-7-11-21-3/h4-6,8-9,13H,7,10-12H2,1-3H3,(H,17,19). The van der Waals surface area contributed by atoms with Crippen LogP contribution in [-0.2, 0) is 14.3 Å². The second-order valence-corrected chi connectivity index (χ2v) is 6.38. The molecule has 6 heteroatoms. The van der Waals surface area contributed by atoms with Crippen molar-refractivity contribution in [3.63, 3.8) is 0 Å². The SMILES string of the molecule is COCCCNC(=O)CN(C)C(=O)C(C)Sc1ccccc1. The third-order valence-electron chi connectivity index (χ3n) is 3.01. The van der Waals surface area contributed by atoms with Crippen LogP contribution in [0.15, 0.2) is 35.2 Å². The van der Waals surface area contributed by atoms with Crippen molar-refractivity contribution in [3.05, 3.63) is 30.3 Å². The molecule has 0 aliphatic heterocycles. The van der Waals surface area contributed by atoms with E-state index in [0.717, 1.165) is 11.3 Å². The number of amides is 2. The number of hydrogen-bond donors (Lipinski definition) is 1. The molecule has 0 bridgehead atoms. The minimum atomic E-state index is -0.228. The lowest BCUT2D eigenvalue weighted by atomic mass is 10.3. The fourth-order valence-electron chi connectivity index (χ4n) is 1.86. The molecule has 0 spiro atoms. The maximum atomic E-state index is 12.3. The summed E-state index contributed by atoms with van der Waals surface area (Å²) in [7, 11) is 3.28. The lowest BCUT2D eigenvalue weighted by Gasteiger charge is -2.20. The van der Waals surface area contributed by atoms with Gasteiger partial charge in [0, 0.05) is 32.2 Å². The van der Waals surface area contributed by atoms with Crippen LogP contribution in [0.5, 0.6) is 0 Å². The first kappa shape index (κ1) is 18.5. The van der Waals surface area contributed by atoms with Gasteiger partial charge in [0.2, 0.25) is 11.8 Å². The molecule has 1 aromatic carbocycles. The minimum absolute atomic E-state index is 0.0547. The fourth-order valence-corrected chi connectivity index (χ4v) is 2.86. The van der Waals surface area contributed by atoms with Gasteiger partial charge in [-0.3, -0.25) is 9.59 Å². The monoisotopic (exact) mass is 324 g/mol. The molecule has 1 rings (SSSR count). The summed E-state index contributed by atoms with van der Waals surface area (Å²) >= 11 is 1.49. The first-order valence-electron chi connectivity index (χ1n) is 7.27. The van der Waals surface area contributed by atoms with Crippen LogP contribution in [0.1, 0.15) is 13.3 Å². The van der Waals surface area contributed by atoms with Gasteiger partial charge in [0.15, 0.2) is 0 Å². The molecule has 1 unspecified atom stereocenters. The number of benzene rings is 1. The molecule has 1 atom stereocenters. The van der Waals surface area contributed by atoms with E-state index in [0.29, 0.717) is 13.2 Å². The minimum Gasteiger partial charge on any atom is -0.385 e. The molecule has 0 saturated carbocycles. The number of nitrogens with one attached hydrogen (secondary N) is 1. The Kier molecular flexibility index (Phi) is 8.62. The lowest BCUT2D eigenvalue weighted by molar-refractivity contribution is -0.134. The van der Waals surface area contributed by atoms with Crippen molar-refractivity contribution < 1.29 is 14.3 Å². The predicted octanol–water partition coefficient (Wildman–Crippen LogP) is 1.78. The summed E-state index contributed by atoms with van der Waals surface area (Å²) in [5.74, 6) is -0.204. The summed E-state index contributed by atoms with van der Waals surface area (Å²) in [5.41, 5.74) is 0. The molecule has 0 saturated heterocycles. The van der Waals surface area contributed by atoms with Gasteiger partial charge in [-0.1, -0.05) is 18.2 Å². The number of carbonyl (C=O) groups is 2. The van der Waals surface area contributed by atoms with Gasteiger partial charge in [-0.05, 0) is 25.5 Å². The second-order valence-electron chi connectivity index (χ2n) is 4.96. The van der Waals surface area contributed by atoms with Crippen LogP contribution in [0.4, 0.5) is 0 Å². The van der Waals surface area contributed by atoms with Crippen LogP contribution >= 0.6 is 11.8 Å². The highest BCUT2D eigenvalue weighted by Crippen LogP contribution is 2.23. The zero-order valence-corrected chi connectivity index (χ0v) is 14.2. The van der Waals surface area contributed by atoms with E-state index in [2.05, 4.69) is 5.32 Å². The molecule has 0 fully saturated rings. The van der Waals surface area contributed by atoms with Gasteiger partial charge in [-0.25, -0.2) is 0 Å². The Bertz CT molecular complexity index is 468. The molecule has 0 aliphatic rings. The number of carbonyl (C=O) groups excluding carboxylic acids is 2. The van der Waals surface area contributed by atoms with Crippen LogP contribution < -0.4 is 5.32 Å². The molecule has 0 aromatic heterocycles. The molecule has 2 amide bonds. The molecular weight excluding hydrogens is 300 g/mol. The van der Waals surface area contributed by atoms with Crippen molar-refractivity contribution in [2.24, 2.45) is 0 Å². The quantitative estimate of drug-likeness (QED) is 0.556. The first-order chi connectivity index (χ1) is 10.5. The smallest absolute Gasteiger partial charge is 0.239 e.